The van der Waals surface area contributed by atoms with E-state index in [0.717, 1.165) is 56.7 Å². The van der Waals surface area contributed by atoms with Crippen LogP contribution in [0.4, 0.5) is 0 Å². The number of nitrogens with zero attached hydrogens (tertiary/aromatic N) is 2. The Bertz CT molecular complexity index is 1130. The normalized spacial score (nSPS) is 50.5. The highest BCUT2D eigenvalue weighted by Crippen LogP contribution is 2.87. The monoisotopic (exact) mass is 628 g/mol. The lowest BCUT2D eigenvalue weighted by molar-refractivity contribution is -0.250. The minimum Gasteiger partial charge on any atom is -0.388 e. The molecule has 3 aliphatic heterocycles. The molecule has 8 aliphatic rings. The molecule has 2 spiro atoms. The van der Waals surface area contributed by atoms with Crippen molar-refractivity contribution in [2.75, 3.05) is 32.8 Å². The van der Waals surface area contributed by atoms with Gasteiger partial charge in [-0.2, -0.15) is 0 Å². The van der Waals surface area contributed by atoms with Gasteiger partial charge in [0.1, 0.15) is 6.10 Å². The van der Waals surface area contributed by atoms with Crippen LogP contribution >= 0.6 is 0 Å². The second kappa shape index (κ2) is 10.6. The first-order chi connectivity index (χ1) is 21.2. The summed E-state index contributed by atoms with van der Waals surface area (Å²) >= 11 is 0. The van der Waals surface area contributed by atoms with Crippen LogP contribution < -0.4 is 0 Å². The molecule has 5 saturated carbocycles. The Morgan fingerprint density at radius 1 is 0.889 bits per heavy atom. The number of rotatable bonds is 6. The van der Waals surface area contributed by atoms with Gasteiger partial charge in [0.05, 0.1) is 30.5 Å². The summed E-state index contributed by atoms with van der Waals surface area (Å²) in [5.74, 6) is 2.88. The van der Waals surface area contributed by atoms with E-state index < -0.39 is 11.7 Å². The highest BCUT2D eigenvalue weighted by molar-refractivity contribution is 5.29. The SMILES string of the molecule is CC(C)N1CC(N2CCOC(OC3CCC45C[C@]46CCC4(C)C7CCC(C(O)C(C)(C)O)OC7CC4C6CCC5C3(C)C)C2)C1. The molecular weight excluding hydrogens is 564 g/mol. The molecule has 0 aromatic rings. The molecular formula is C38H64N2O5. The van der Waals surface area contributed by atoms with Gasteiger partial charge in [0.2, 0.25) is 0 Å². The third-order valence-electron chi connectivity index (χ3n) is 16.2. The van der Waals surface area contributed by atoms with Gasteiger partial charge in [-0.25, -0.2) is 0 Å². The molecule has 8 fully saturated rings. The van der Waals surface area contributed by atoms with E-state index in [1.165, 1.54) is 58.0 Å². The molecule has 0 amide bonds. The van der Waals surface area contributed by atoms with Crippen LogP contribution in [0.1, 0.15) is 113 Å². The van der Waals surface area contributed by atoms with Crippen molar-refractivity contribution in [3.05, 3.63) is 0 Å². The molecule has 8 rings (SSSR count). The molecule has 11 unspecified atom stereocenters. The van der Waals surface area contributed by atoms with Crippen molar-refractivity contribution in [2.45, 2.75) is 161 Å². The van der Waals surface area contributed by atoms with Gasteiger partial charge in [0.15, 0.2) is 6.29 Å². The summed E-state index contributed by atoms with van der Waals surface area (Å²) in [5.41, 5.74) is 0.415. The Labute approximate surface area is 273 Å². The van der Waals surface area contributed by atoms with Gasteiger partial charge in [0, 0.05) is 38.3 Å². The third kappa shape index (κ3) is 4.66. The fraction of sp³-hybridized carbons (Fsp3) is 1.00. The number of likely N-dealkylation sites (tertiary alicyclic amines) is 1. The number of fused-ring (bicyclic) bond motifs is 4. The smallest absolute Gasteiger partial charge is 0.170 e. The standard InChI is InChI=1S/C38H64N2O5/c1-23(2)40-19-24(20-40)39-16-17-43-32(21-39)45-31-12-13-38-22-37(38)15-14-36(7)26-8-10-28(33(41)35(5,6)42)44-29(26)18-27(36)25(37)9-11-30(38)34(31,3)4/h23-33,41-42H,8-22H2,1-7H3/t25?,26?,27?,28?,29?,30?,31?,32?,33?,36?,37-,38?/m0/s1. The largest absolute Gasteiger partial charge is 0.388 e. The zero-order valence-corrected chi connectivity index (χ0v) is 29.5. The highest BCUT2D eigenvalue weighted by atomic mass is 16.7. The average Bonchev–Trinajstić information content (AvgIpc) is 3.52. The van der Waals surface area contributed by atoms with Gasteiger partial charge in [-0.05, 0) is 137 Å². The van der Waals surface area contributed by atoms with Crippen molar-refractivity contribution >= 4 is 0 Å². The Kier molecular flexibility index (Phi) is 7.53. The first-order valence-corrected chi connectivity index (χ1v) is 19.0. The van der Waals surface area contributed by atoms with Crippen LogP contribution in [0.2, 0.25) is 0 Å². The lowest BCUT2D eigenvalue weighted by Crippen LogP contribution is -2.64. The summed E-state index contributed by atoms with van der Waals surface area (Å²) in [6.07, 6.45) is 11.9. The van der Waals surface area contributed by atoms with Crippen LogP contribution in [-0.2, 0) is 14.2 Å². The third-order valence-corrected chi connectivity index (χ3v) is 16.2. The second-order valence-corrected chi connectivity index (χ2v) is 19.1. The Morgan fingerprint density at radius 2 is 1.64 bits per heavy atom. The summed E-state index contributed by atoms with van der Waals surface area (Å²) in [6, 6.07) is 1.30. The number of hydrogen-bond donors (Lipinski definition) is 2. The summed E-state index contributed by atoms with van der Waals surface area (Å²) in [6.45, 7) is 20.8. The van der Waals surface area contributed by atoms with Crippen molar-refractivity contribution in [3.63, 3.8) is 0 Å². The molecule has 256 valence electrons. The maximum Gasteiger partial charge on any atom is 0.170 e. The molecule has 0 bridgehead atoms. The number of hydrogen-bond acceptors (Lipinski definition) is 7. The lowest BCUT2D eigenvalue weighted by atomic mass is 9.46. The van der Waals surface area contributed by atoms with Crippen LogP contribution in [0, 0.1) is 45.3 Å². The van der Waals surface area contributed by atoms with E-state index in [1.807, 2.05) is 0 Å². The second-order valence-electron chi connectivity index (χ2n) is 19.1. The molecule has 0 aromatic carbocycles. The maximum absolute atomic E-state index is 10.9. The van der Waals surface area contributed by atoms with Gasteiger partial charge >= 0.3 is 0 Å². The van der Waals surface area contributed by atoms with Crippen molar-refractivity contribution in [1.29, 1.82) is 0 Å². The molecule has 7 heteroatoms. The average molecular weight is 629 g/mol. The van der Waals surface area contributed by atoms with E-state index in [1.54, 1.807) is 13.8 Å². The Balaban J connectivity index is 0.939. The summed E-state index contributed by atoms with van der Waals surface area (Å²) in [7, 11) is 0. The number of ether oxygens (including phenoxy) is 3. The van der Waals surface area contributed by atoms with Crippen LogP contribution in [-0.4, -0.2) is 101 Å². The lowest BCUT2D eigenvalue weighted by Gasteiger charge is -2.60. The van der Waals surface area contributed by atoms with Gasteiger partial charge in [-0.15, -0.1) is 0 Å². The summed E-state index contributed by atoms with van der Waals surface area (Å²) < 4.78 is 20.0. The van der Waals surface area contributed by atoms with Gasteiger partial charge in [0.25, 0.3) is 0 Å². The van der Waals surface area contributed by atoms with E-state index in [9.17, 15) is 10.2 Å². The van der Waals surface area contributed by atoms with E-state index in [-0.39, 0.29) is 30.0 Å². The molecule has 45 heavy (non-hydrogen) atoms. The minimum absolute atomic E-state index is 0.0920. The number of aliphatic hydroxyl groups is 2. The Hall–Kier alpha value is -0.280. The zero-order chi connectivity index (χ0) is 31.7. The van der Waals surface area contributed by atoms with Gasteiger partial charge in [-0.3, -0.25) is 9.80 Å². The molecule has 12 atom stereocenters. The predicted octanol–water partition coefficient (Wildman–Crippen LogP) is 5.46. The van der Waals surface area contributed by atoms with Crippen molar-refractivity contribution in [3.8, 4) is 0 Å². The van der Waals surface area contributed by atoms with Crippen molar-refractivity contribution in [1.82, 2.24) is 9.80 Å². The minimum atomic E-state index is -1.13. The molecule has 3 saturated heterocycles. The summed E-state index contributed by atoms with van der Waals surface area (Å²) in [4.78, 5) is 5.21. The van der Waals surface area contributed by atoms with Gasteiger partial charge < -0.3 is 24.4 Å². The molecule has 5 aliphatic carbocycles. The Morgan fingerprint density at radius 3 is 2.38 bits per heavy atom. The van der Waals surface area contributed by atoms with Crippen LogP contribution in [0.5, 0.6) is 0 Å². The summed E-state index contributed by atoms with van der Waals surface area (Å²) in [5, 5.41) is 21.4. The van der Waals surface area contributed by atoms with E-state index >= 15 is 0 Å². The fourth-order valence-corrected chi connectivity index (χ4v) is 13.6. The first kappa shape index (κ1) is 32.0. The molecule has 2 N–H and O–H groups in total. The number of aliphatic hydroxyl groups excluding tert-OH is 1. The quantitative estimate of drug-likeness (QED) is 0.405. The molecule has 7 nitrogen and oxygen atoms in total. The van der Waals surface area contributed by atoms with Crippen molar-refractivity contribution in [2.24, 2.45) is 45.3 Å². The topological polar surface area (TPSA) is 74.6 Å². The maximum atomic E-state index is 10.9. The van der Waals surface area contributed by atoms with E-state index in [4.69, 9.17) is 14.2 Å². The van der Waals surface area contributed by atoms with E-state index in [2.05, 4.69) is 44.4 Å². The highest BCUT2D eigenvalue weighted by Gasteiger charge is 2.80. The first-order valence-electron chi connectivity index (χ1n) is 19.0. The molecule has 0 aromatic heterocycles. The van der Waals surface area contributed by atoms with Crippen molar-refractivity contribution < 1.29 is 24.4 Å². The van der Waals surface area contributed by atoms with Crippen LogP contribution in [0.25, 0.3) is 0 Å². The van der Waals surface area contributed by atoms with Crippen LogP contribution in [0.3, 0.4) is 0 Å². The van der Waals surface area contributed by atoms with Crippen LogP contribution in [0.15, 0.2) is 0 Å². The number of morpholine rings is 1. The predicted molar refractivity (Wildman–Crippen MR) is 175 cm³/mol. The molecule has 3 heterocycles. The zero-order valence-electron chi connectivity index (χ0n) is 29.5. The van der Waals surface area contributed by atoms with Gasteiger partial charge in [-0.1, -0.05) is 20.8 Å². The molecule has 0 radical (unpaired) electrons. The fourth-order valence-electron chi connectivity index (χ4n) is 13.6. The van der Waals surface area contributed by atoms with E-state index in [0.29, 0.717) is 34.2 Å².